The maximum atomic E-state index is 13.3. The van der Waals surface area contributed by atoms with Crippen LogP contribution < -0.4 is 4.74 Å². The van der Waals surface area contributed by atoms with Crippen LogP contribution in [0.3, 0.4) is 0 Å². The van der Waals surface area contributed by atoms with Gasteiger partial charge < -0.3 is 9.64 Å². The standard InChI is InChI=1S/C22H33N3O6S2/c1-31-21-7-6-19(33(29,30)25-9-4-2-3-5-10-25)16-20(21)22(26)24-13-11-23(12-14-24)18-8-15-32(27,28)17-18/h6-7,16,18H,2-5,8-15,17H2,1H3. The van der Waals surface area contributed by atoms with E-state index in [4.69, 9.17) is 4.74 Å². The van der Waals surface area contributed by atoms with Gasteiger partial charge in [0.15, 0.2) is 9.84 Å². The Morgan fingerprint density at radius 1 is 1.00 bits per heavy atom. The molecule has 0 radical (unpaired) electrons. The number of carbonyl (C=O) groups is 1. The fourth-order valence-electron chi connectivity index (χ4n) is 4.97. The Hall–Kier alpha value is -1.69. The number of amides is 1. The largest absolute Gasteiger partial charge is 0.496 e. The molecule has 0 aromatic heterocycles. The molecule has 3 aliphatic heterocycles. The lowest BCUT2D eigenvalue weighted by Crippen LogP contribution is -2.52. The summed E-state index contributed by atoms with van der Waals surface area (Å²) in [6.45, 7) is 3.11. The van der Waals surface area contributed by atoms with Gasteiger partial charge in [-0.1, -0.05) is 12.8 Å². The molecule has 3 saturated heterocycles. The first kappa shape index (κ1) is 24.4. The summed E-state index contributed by atoms with van der Waals surface area (Å²) < 4.78 is 57.0. The second-order valence-electron chi connectivity index (χ2n) is 9.07. The molecule has 0 saturated carbocycles. The van der Waals surface area contributed by atoms with Crippen LogP contribution in [0.1, 0.15) is 42.5 Å². The van der Waals surface area contributed by atoms with E-state index in [0.717, 1.165) is 25.7 Å². The monoisotopic (exact) mass is 499 g/mol. The highest BCUT2D eigenvalue weighted by Gasteiger charge is 2.35. The highest BCUT2D eigenvalue weighted by molar-refractivity contribution is 7.91. The molecule has 1 atom stereocenters. The number of piperazine rings is 1. The molecule has 11 heteroatoms. The molecule has 4 rings (SSSR count). The summed E-state index contributed by atoms with van der Waals surface area (Å²) in [5, 5.41) is 0. The molecule has 3 aliphatic rings. The van der Waals surface area contributed by atoms with Crippen LogP contribution in [0.4, 0.5) is 0 Å². The van der Waals surface area contributed by atoms with E-state index in [1.54, 1.807) is 11.0 Å². The predicted molar refractivity (Wildman–Crippen MR) is 125 cm³/mol. The van der Waals surface area contributed by atoms with Crippen molar-refractivity contribution >= 4 is 25.8 Å². The van der Waals surface area contributed by atoms with Crippen LogP contribution in [0.5, 0.6) is 5.75 Å². The van der Waals surface area contributed by atoms with E-state index in [1.165, 1.54) is 23.5 Å². The topological polar surface area (TPSA) is 104 Å². The minimum absolute atomic E-state index is 0.0175. The van der Waals surface area contributed by atoms with Crippen molar-refractivity contribution < 1.29 is 26.4 Å². The summed E-state index contributed by atoms with van der Waals surface area (Å²) in [5.41, 5.74) is 0.241. The van der Waals surface area contributed by atoms with E-state index in [0.29, 0.717) is 51.4 Å². The summed E-state index contributed by atoms with van der Waals surface area (Å²) in [6, 6.07) is 4.52. The molecule has 3 fully saturated rings. The molecule has 3 heterocycles. The van der Waals surface area contributed by atoms with Crippen molar-refractivity contribution in [2.75, 3.05) is 57.9 Å². The molecule has 1 unspecified atom stereocenters. The van der Waals surface area contributed by atoms with Gasteiger partial charge in [0, 0.05) is 45.3 Å². The van der Waals surface area contributed by atoms with Crippen LogP contribution in [0.25, 0.3) is 0 Å². The minimum atomic E-state index is -3.69. The van der Waals surface area contributed by atoms with Crippen molar-refractivity contribution in [3.8, 4) is 5.75 Å². The summed E-state index contributed by atoms with van der Waals surface area (Å²) >= 11 is 0. The molecular formula is C22H33N3O6S2. The lowest BCUT2D eigenvalue weighted by atomic mass is 10.1. The number of methoxy groups -OCH3 is 1. The third-order valence-corrected chi connectivity index (χ3v) is 10.6. The van der Waals surface area contributed by atoms with E-state index in [2.05, 4.69) is 4.90 Å². The zero-order valence-electron chi connectivity index (χ0n) is 19.1. The fraction of sp³-hybridized carbons (Fsp3) is 0.682. The number of sulfone groups is 1. The first-order valence-electron chi connectivity index (χ1n) is 11.6. The van der Waals surface area contributed by atoms with E-state index in [1.807, 2.05) is 0 Å². The first-order chi connectivity index (χ1) is 15.7. The fourth-order valence-corrected chi connectivity index (χ4v) is 8.28. The zero-order chi connectivity index (χ0) is 23.6. The average molecular weight is 500 g/mol. The Morgan fingerprint density at radius 2 is 1.67 bits per heavy atom. The first-order valence-corrected chi connectivity index (χ1v) is 14.9. The summed E-state index contributed by atoms with van der Waals surface area (Å²) in [4.78, 5) is 17.3. The molecule has 184 valence electrons. The number of hydrogen-bond acceptors (Lipinski definition) is 7. The molecule has 0 aliphatic carbocycles. The minimum Gasteiger partial charge on any atom is -0.496 e. The van der Waals surface area contributed by atoms with Crippen LogP contribution in [0.2, 0.25) is 0 Å². The van der Waals surface area contributed by atoms with Crippen molar-refractivity contribution in [1.29, 1.82) is 0 Å². The number of hydrogen-bond donors (Lipinski definition) is 0. The average Bonchev–Trinajstić information content (AvgIpc) is 3.00. The van der Waals surface area contributed by atoms with Gasteiger partial charge in [0.2, 0.25) is 10.0 Å². The van der Waals surface area contributed by atoms with Gasteiger partial charge in [-0.3, -0.25) is 9.69 Å². The van der Waals surface area contributed by atoms with Gasteiger partial charge in [-0.05, 0) is 37.5 Å². The van der Waals surface area contributed by atoms with Crippen molar-refractivity contribution in [2.45, 2.75) is 43.0 Å². The van der Waals surface area contributed by atoms with Gasteiger partial charge >= 0.3 is 0 Å². The number of nitrogens with zero attached hydrogens (tertiary/aromatic N) is 3. The van der Waals surface area contributed by atoms with Crippen molar-refractivity contribution in [1.82, 2.24) is 14.1 Å². The molecule has 0 spiro atoms. The maximum absolute atomic E-state index is 13.3. The maximum Gasteiger partial charge on any atom is 0.257 e. The normalized spacial score (nSPS) is 25.0. The van der Waals surface area contributed by atoms with Crippen LogP contribution in [0, 0.1) is 0 Å². The van der Waals surface area contributed by atoms with Crippen molar-refractivity contribution in [2.24, 2.45) is 0 Å². The number of ether oxygens (including phenoxy) is 1. The lowest BCUT2D eigenvalue weighted by Gasteiger charge is -2.37. The Labute approximate surface area is 196 Å². The quantitative estimate of drug-likeness (QED) is 0.600. The molecule has 1 aromatic rings. The summed E-state index contributed by atoms with van der Waals surface area (Å²) in [6.07, 6.45) is 4.37. The summed E-state index contributed by atoms with van der Waals surface area (Å²) in [5.74, 6) is 0.495. The Balaban J connectivity index is 1.49. The van der Waals surface area contributed by atoms with Crippen LogP contribution in [0.15, 0.2) is 23.1 Å². The van der Waals surface area contributed by atoms with Gasteiger partial charge in [0.1, 0.15) is 5.75 Å². The smallest absolute Gasteiger partial charge is 0.257 e. The van der Waals surface area contributed by atoms with Crippen LogP contribution in [-0.4, -0.2) is 101 Å². The lowest BCUT2D eigenvalue weighted by molar-refractivity contribution is 0.0584. The van der Waals surface area contributed by atoms with Gasteiger partial charge in [-0.25, -0.2) is 16.8 Å². The second kappa shape index (κ2) is 9.89. The van der Waals surface area contributed by atoms with Crippen molar-refractivity contribution in [3.63, 3.8) is 0 Å². The zero-order valence-corrected chi connectivity index (χ0v) is 20.7. The highest BCUT2D eigenvalue weighted by atomic mass is 32.2. The van der Waals surface area contributed by atoms with E-state index in [9.17, 15) is 21.6 Å². The van der Waals surface area contributed by atoms with Gasteiger partial charge in [-0.15, -0.1) is 0 Å². The number of rotatable bonds is 5. The third-order valence-electron chi connectivity index (χ3n) is 6.93. The molecule has 33 heavy (non-hydrogen) atoms. The molecule has 1 amide bonds. The Bertz CT molecular complexity index is 1070. The Morgan fingerprint density at radius 3 is 2.24 bits per heavy atom. The predicted octanol–water partition coefficient (Wildman–Crippen LogP) is 1.20. The summed E-state index contributed by atoms with van der Waals surface area (Å²) in [7, 11) is -5.18. The molecule has 0 N–H and O–H groups in total. The molecule has 0 bridgehead atoms. The van der Waals surface area contributed by atoms with E-state index < -0.39 is 19.9 Å². The highest BCUT2D eigenvalue weighted by Crippen LogP contribution is 2.28. The van der Waals surface area contributed by atoms with Crippen molar-refractivity contribution in [3.05, 3.63) is 23.8 Å². The van der Waals surface area contributed by atoms with E-state index >= 15 is 0 Å². The van der Waals surface area contributed by atoms with E-state index in [-0.39, 0.29) is 33.9 Å². The number of sulfonamides is 1. The number of carbonyl (C=O) groups excluding carboxylic acids is 1. The van der Waals surface area contributed by atoms with Gasteiger partial charge in [0.05, 0.1) is 29.1 Å². The van der Waals surface area contributed by atoms with Gasteiger partial charge in [-0.2, -0.15) is 4.31 Å². The van der Waals surface area contributed by atoms with Gasteiger partial charge in [0.25, 0.3) is 5.91 Å². The Kier molecular flexibility index (Phi) is 7.32. The third kappa shape index (κ3) is 5.36. The second-order valence-corrected chi connectivity index (χ2v) is 13.2. The molecule has 1 aromatic carbocycles. The SMILES string of the molecule is COc1ccc(S(=O)(=O)N2CCCCCC2)cc1C(=O)N1CCN(C2CCS(=O)(=O)C2)CC1. The molecular weight excluding hydrogens is 466 g/mol. The van der Waals surface area contributed by atoms with Crippen LogP contribution >= 0.6 is 0 Å². The van der Waals surface area contributed by atoms with Crippen LogP contribution in [-0.2, 0) is 19.9 Å². The molecule has 9 nitrogen and oxygen atoms in total. The number of benzene rings is 1.